The number of likely N-dealkylation sites (N-methyl/N-ethyl adjacent to an activating group) is 1. The monoisotopic (exact) mass is 269 g/mol. The Hall–Kier alpha value is -1.14. The summed E-state index contributed by atoms with van der Waals surface area (Å²) >= 11 is 0. The summed E-state index contributed by atoms with van der Waals surface area (Å²) in [4.78, 5) is 26.1. The summed E-state index contributed by atoms with van der Waals surface area (Å²) in [5.41, 5.74) is -0.921. The van der Waals surface area contributed by atoms with Crippen LogP contribution in [0.25, 0.3) is 0 Å². The SMILES string of the molecule is CNC(=O)[C@]1(C)CN(C(=O)C2CCNCC2)CCO1. The number of hydrogen-bond acceptors (Lipinski definition) is 4. The summed E-state index contributed by atoms with van der Waals surface area (Å²) in [6.45, 7) is 4.88. The van der Waals surface area contributed by atoms with E-state index in [1.807, 2.05) is 0 Å². The zero-order valence-corrected chi connectivity index (χ0v) is 11.7. The van der Waals surface area contributed by atoms with Crippen LogP contribution in [0.15, 0.2) is 0 Å². The van der Waals surface area contributed by atoms with Crippen LogP contribution in [0.5, 0.6) is 0 Å². The Balaban J connectivity index is 2.00. The van der Waals surface area contributed by atoms with Crippen LogP contribution in [-0.2, 0) is 14.3 Å². The molecule has 2 aliphatic heterocycles. The van der Waals surface area contributed by atoms with Gasteiger partial charge in [0.25, 0.3) is 5.91 Å². The van der Waals surface area contributed by atoms with Crippen molar-refractivity contribution in [3.05, 3.63) is 0 Å². The van der Waals surface area contributed by atoms with Crippen molar-refractivity contribution >= 4 is 11.8 Å². The van der Waals surface area contributed by atoms with Crippen LogP contribution < -0.4 is 10.6 Å². The second-order valence-electron chi connectivity index (χ2n) is 5.44. The molecule has 0 aliphatic carbocycles. The Morgan fingerprint density at radius 1 is 1.37 bits per heavy atom. The van der Waals surface area contributed by atoms with E-state index in [9.17, 15) is 9.59 Å². The van der Waals surface area contributed by atoms with Crippen LogP contribution in [0, 0.1) is 5.92 Å². The average Bonchev–Trinajstić information content (AvgIpc) is 2.46. The third kappa shape index (κ3) is 3.06. The lowest BCUT2D eigenvalue weighted by Crippen LogP contribution is -2.59. The molecule has 2 N–H and O–H groups in total. The van der Waals surface area contributed by atoms with Gasteiger partial charge in [-0.05, 0) is 32.9 Å². The van der Waals surface area contributed by atoms with Crippen molar-refractivity contribution in [3.8, 4) is 0 Å². The molecule has 0 unspecified atom stereocenters. The Bertz CT molecular complexity index is 355. The fourth-order valence-electron chi connectivity index (χ4n) is 2.79. The maximum Gasteiger partial charge on any atom is 0.253 e. The quantitative estimate of drug-likeness (QED) is 0.699. The molecule has 2 amide bonds. The first-order valence-electron chi connectivity index (χ1n) is 6.92. The van der Waals surface area contributed by atoms with E-state index < -0.39 is 5.60 Å². The number of carbonyl (C=O) groups excluding carboxylic acids is 2. The molecular formula is C13H23N3O3. The molecule has 108 valence electrons. The zero-order chi connectivity index (χ0) is 13.9. The van der Waals surface area contributed by atoms with E-state index in [4.69, 9.17) is 4.74 Å². The van der Waals surface area contributed by atoms with Crippen LogP contribution in [0.3, 0.4) is 0 Å². The van der Waals surface area contributed by atoms with Gasteiger partial charge >= 0.3 is 0 Å². The molecule has 1 atom stereocenters. The fourth-order valence-corrected chi connectivity index (χ4v) is 2.79. The highest BCUT2D eigenvalue weighted by Crippen LogP contribution is 2.22. The Labute approximate surface area is 113 Å². The number of ether oxygens (including phenoxy) is 1. The molecule has 2 fully saturated rings. The van der Waals surface area contributed by atoms with Crippen LogP contribution in [0.4, 0.5) is 0 Å². The molecule has 2 aliphatic rings. The van der Waals surface area contributed by atoms with E-state index >= 15 is 0 Å². The smallest absolute Gasteiger partial charge is 0.253 e. The number of nitrogens with one attached hydrogen (secondary N) is 2. The van der Waals surface area contributed by atoms with Crippen LogP contribution >= 0.6 is 0 Å². The van der Waals surface area contributed by atoms with Gasteiger partial charge in [-0.1, -0.05) is 0 Å². The first kappa shape index (κ1) is 14.3. The zero-order valence-electron chi connectivity index (χ0n) is 11.7. The molecule has 0 saturated carbocycles. The van der Waals surface area contributed by atoms with Gasteiger partial charge in [0.1, 0.15) is 0 Å². The number of hydrogen-bond donors (Lipinski definition) is 2. The van der Waals surface area contributed by atoms with Gasteiger partial charge < -0.3 is 20.3 Å². The predicted octanol–water partition coefficient (Wildman–Crippen LogP) is -0.650. The van der Waals surface area contributed by atoms with Crippen molar-refractivity contribution in [3.63, 3.8) is 0 Å². The summed E-state index contributed by atoms with van der Waals surface area (Å²) in [7, 11) is 1.59. The summed E-state index contributed by atoms with van der Waals surface area (Å²) in [5.74, 6) is 0.0866. The largest absolute Gasteiger partial charge is 0.362 e. The van der Waals surface area contributed by atoms with Gasteiger partial charge in [-0.3, -0.25) is 9.59 Å². The van der Waals surface area contributed by atoms with E-state index in [1.165, 1.54) is 0 Å². The predicted molar refractivity (Wildman–Crippen MR) is 70.6 cm³/mol. The summed E-state index contributed by atoms with van der Waals surface area (Å²) in [6.07, 6.45) is 1.76. The number of rotatable bonds is 2. The number of morpholine rings is 1. The standard InChI is InChI=1S/C13H23N3O3/c1-13(12(18)14-2)9-16(7-8-19-13)11(17)10-3-5-15-6-4-10/h10,15H,3-9H2,1-2H3,(H,14,18)/t13-/m0/s1. The third-order valence-electron chi connectivity index (χ3n) is 3.98. The lowest BCUT2D eigenvalue weighted by Gasteiger charge is -2.40. The molecule has 6 heteroatoms. The van der Waals surface area contributed by atoms with Gasteiger partial charge in [0.15, 0.2) is 5.60 Å². The van der Waals surface area contributed by atoms with Gasteiger partial charge in [0.05, 0.1) is 13.2 Å². The Kier molecular flexibility index (Phi) is 4.42. The van der Waals surface area contributed by atoms with E-state index in [0.29, 0.717) is 19.7 Å². The normalized spacial score (nSPS) is 29.1. The number of carbonyl (C=O) groups is 2. The van der Waals surface area contributed by atoms with Crippen molar-refractivity contribution in [1.82, 2.24) is 15.5 Å². The molecule has 6 nitrogen and oxygen atoms in total. The van der Waals surface area contributed by atoms with Gasteiger partial charge in [-0.15, -0.1) is 0 Å². The second kappa shape index (κ2) is 5.88. The summed E-state index contributed by atoms with van der Waals surface area (Å²) in [5, 5.41) is 5.86. The molecule has 0 bridgehead atoms. The van der Waals surface area contributed by atoms with Crippen molar-refractivity contribution in [2.45, 2.75) is 25.4 Å². The van der Waals surface area contributed by atoms with Crippen molar-refractivity contribution < 1.29 is 14.3 Å². The Morgan fingerprint density at radius 3 is 2.68 bits per heavy atom. The van der Waals surface area contributed by atoms with E-state index in [1.54, 1.807) is 18.9 Å². The minimum Gasteiger partial charge on any atom is -0.362 e. The van der Waals surface area contributed by atoms with Gasteiger partial charge in [-0.25, -0.2) is 0 Å². The molecule has 0 spiro atoms. The lowest BCUT2D eigenvalue weighted by molar-refractivity contribution is -0.164. The molecule has 2 rings (SSSR count). The van der Waals surface area contributed by atoms with Crippen LogP contribution in [0.2, 0.25) is 0 Å². The Morgan fingerprint density at radius 2 is 2.05 bits per heavy atom. The highest BCUT2D eigenvalue weighted by atomic mass is 16.5. The molecule has 2 saturated heterocycles. The van der Waals surface area contributed by atoms with E-state index in [2.05, 4.69) is 10.6 Å². The molecular weight excluding hydrogens is 246 g/mol. The van der Waals surface area contributed by atoms with Gasteiger partial charge in [0.2, 0.25) is 5.91 Å². The lowest BCUT2D eigenvalue weighted by atomic mass is 9.95. The molecule has 0 aromatic rings. The maximum absolute atomic E-state index is 12.5. The molecule has 0 aromatic heterocycles. The minimum atomic E-state index is -0.921. The van der Waals surface area contributed by atoms with Crippen LogP contribution in [-0.4, -0.2) is 62.1 Å². The molecule has 0 aromatic carbocycles. The highest BCUT2D eigenvalue weighted by Gasteiger charge is 2.41. The number of piperidine rings is 1. The topological polar surface area (TPSA) is 70.7 Å². The number of amides is 2. The first-order chi connectivity index (χ1) is 9.07. The molecule has 0 radical (unpaired) electrons. The molecule has 2 heterocycles. The minimum absolute atomic E-state index is 0.0910. The fraction of sp³-hybridized carbons (Fsp3) is 0.846. The number of nitrogens with zero attached hydrogens (tertiary/aromatic N) is 1. The van der Waals surface area contributed by atoms with Crippen molar-refractivity contribution in [1.29, 1.82) is 0 Å². The van der Waals surface area contributed by atoms with Crippen molar-refractivity contribution in [2.75, 3.05) is 39.8 Å². The average molecular weight is 269 g/mol. The highest BCUT2D eigenvalue weighted by molar-refractivity contribution is 5.86. The summed E-state index contributed by atoms with van der Waals surface area (Å²) in [6, 6.07) is 0. The molecule has 19 heavy (non-hydrogen) atoms. The van der Waals surface area contributed by atoms with Gasteiger partial charge in [-0.2, -0.15) is 0 Å². The maximum atomic E-state index is 12.5. The first-order valence-corrected chi connectivity index (χ1v) is 6.92. The summed E-state index contributed by atoms with van der Waals surface area (Å²) < 4.78 is 5.57. The van der Waals surface area contributed by atoms with Crippen molar-refractivity contribution in [2.24, 2.45) is 5.92 Å². The third-order valence-corrected chi connectivity index (χ3v) is 3.98. The van der Waals surface area contributed by atoms with E-state index in [0.717, 1.165) is 25.9 Å². The van der Waals surface area contributed by atoms with Crippen LogP contribution in [0.1, 0.15) is 19.8 Å². The van der Waals surface area contributed by atoms with E-state index in [-0.39, 0.29) is 17.7 Å². The second-order valence-corrected chi connectivity index (χ2v) is 5.44. The van der Waals surface area contributed by atoms with Gasteiger partial charge in [0, 0.05) is 19.5 Å².